The van der Waals surface area contributed by atoms with Gasteiger partial charge in [0.05, 0.1) is 16.4 Å². The number of halogens is 2. The molecule has 0 amide bonds. The van der Waals surface area contributed by atoms with Gasteiger partial charge in [0.1, 0.15) is 11.6 Å². The molecule has 0 aliphatic rings. The highest BCUT2D eigenvalue weighted by Crippen LogP contribution is 2.27. The van der Waals surface area contributed by atoms with Crippen LogP contribution in [0, 0.1) is 5.82 Å². The van der Waals surface area contributed by atoms with E-state index >= 15 is 0 Å². The smallest absolute Gasteiger partial charge is 0.160 e. The number of aryl methyl sites for hydroxylation is 1. The molecule has 3 rings (SSSR count). The highest BCUT2D eigenvalue weighted by Gasteiger charge is 2.18. The molecule has 98 valence electrons. The standard InChI is InChI=1S/C13H12ClFN4/c1-8(14)13-16-10-4-3-9(15)7-11(10)19(13)12-5-6-18(2)17-12/h3-8H,1-2H3. The summed E-state index contributed by atoms with van der Waals surface area (Å²) in [6.45, 7) is 1.83. The molecule has 0 fully saturated rings. The first kappa shape index (κ1) is 12.2. The van der Waals surface area contributed by atoms with Crippen LogP contribution in [0.1, 0.15) is 18.1 Å². The molecule has 2 heterocycles. The third kappa shape index (κ3) is 2.00. The maximum absolute atomic E-state index is 13.4. The number of hydrogen-bond acceptors (Lipinski definition) is 2. The Morgan fingerprint density at radius 3 is 2.74 bits per heavy atom. The van der Waals surface area contributed by atoms with Gasteiger partial charge in [-0.25, -0.2) is 9.37 Å². The largest absolute Gasteiger partial charge is 0.277 e. The highest BCUT2D eigenvalue weighted by atomic mass is 35.5. The molecule has 1 atom stereocenters. The van der Waals surface area contributed by atoms with E-state index in [9.17, 15) is 4.39 Å². The molecule has 0 N–H and O–H groups in total. The van der Waals surface area contributed by atoms with E-state index < -0.39 is 0 Å². The molecule has 1 aromatic carbocycles. The summed E-state index contributed by atoms with van der Waals surface area (Å²) in [5, 5.41) is 4.04. The molecule has 0 aliphatic heterocycles. The maximum Gasteiger partial charge on any atom is 0.160 e. The summed E-state index contributed by atoms with van der Waals surface area (Å²) in [6, 6.07) is 6.32. The van der Waals surface area contributed by atoms with Gasteiger partial charge in [0.2, 0.25) is 0 Å². The van der Waals surface area contributed by atoms with Gasteiger partial charge in [0.25, 0.3) is 0 Å². The molecule has 0 bridgehead atoms. The lowest BCUT2D eigenvalue weighted by Gasteiger charge is -2.07. The fourth-order valence-electron chi connectivity index (χ4n) is 2.10. The predicted molar refractivity (Wildman–Crippen MR) is 72.1 cm³/mol. The normalized spacial score (nSPS) is 13.1. The molecule has 6 heteroatoms. The van der Waals surface area contributed by atoms with E-state index in [-0.39, 0.29) is 11.2 Å². The van der Waals surface area contributed by atoms with Crippen LogP contribution < -0.4 is 0 Å². The summed E-state index contributed by atoms with van der Waals surface area (Å²) in [5.41, 5.74) is 1.37. The van der Waals surface area contributed by atoms with Crippen molar-refractivity contribution in [2.24, 2.45) is 7.05 Å². The fraction of sp³-hybridized carbons (Fsp3) is 0.231. The van der Waals surface area contributed by atoms with Crippen molar-refractivity contribution in [1.29, 1.82) is 0 Å². The Morgan fingerprint density at radius 2 is 2.11 bits per heavy atom. The van der Waals surface area contributed by atoms with Gasteiger partial charge in [-0.15, -0.1) is 11.6 Å². The molecule has 2 aromatic heterocycles. The van der Waals surface area contributed by atoms with E-state index in [4.69, 9.17) is 11.6 Å². The number of fused-ring (bicyclic) bond motifs is 1. The Balaban J connectivity index is 2.35. The number of imidazole rings is 1. The first-order chi connectivity index (χ1) is 9.06. The van der Waals surface area contributed by atoms with Gasteiger partial charge in [-0.3, -0.25) is 9.25 Å². The van der Waals surface area contributed by atoms with Crippen LogP contribution in [-0.2, 0) is 7.05 Å². The van der Waals surface area contributed by atoms with Crippen LogP contribution in [0.15, 0.2) is 30.5 Å². The van der Waals surface area contributed by atoms with Crippen molar-refractivity contribution in [2.75, 3.05) is 0 Å². The van der Waals surface area contributed by atoms with Crippen LogP contribution in [-0.4, -0.2) is 19.3 Å². The number of aromatic nitrogens is 4. The van der Waals surface area contributed by atoms with E-state index in [1.807, 2.05) is 26.2 Å². The van der Waals surface area contributed by atoms with Crippen molar-refractivity contribution in [3.63, 3.8) is 0 Å². The summed E-state index contributed by atoms with van der Waals surface area (Å²) in [7, 11) is 1.83. The summed E-state index contributed by atoms with van der Waals surface area (Å²) in [5.74, 6) is 1.03. The molecule has 4 nitrogen and oxygen atoms in total. The van der Waals surface area contributed by atoms with Crippen molar-refractivity contribution in [1.82, 2.24) is 19.3 Å². The molecular formula is C13H12ClFN4. The lowest BCUT2D eigenvalue weighted by Crippen LogP contribution is -2.03. The lowest BCUT2D eigenvalue weighted by molar-refractivity contribution is 0.629. The van der Waals surface area contributed by atoms with Crippen molar-refractivity contribution >= 4 is 22.6 Å². The topological polar surface area (TPSA) is 35.6 Å². The molecular weight excluding hydrogens is 267 g/mol. The van der Waals surface area contributed by atoms with Gasteiger partial charge < -0.3 is 0 Å². The molecule has 3 aromatic rings. The highest BCUT2D eigenvalue weighted by molar-refractivity contribution is 6.20. The Labute approximate surface area is 114 Å². The van der Waals surface area contributed by atoms with Gasteiger partial charge in [-0.05, 0) is 19.1 Å². The van der Waals surface area contributed by atoms with Crippen LogP contribution in [0.3, 0.4) is 0 Å². The monoisotopic (exact) mass is 278 g/mol. The van der Waals surface area contributed by atoms with Crippen molar-refractivity contribution in [3.05, 3.63) is 42.1 Å². The van der Waals surface area contributed by atoms with E-state index in [1.54, 1.807) is 15.3 Å². The van der Waals surface area contributed by atoms with Crippen molar-refractivity contribution in [3.8, 4) is 5.82 Å². The van der Waals surface area contributed by atoms with Gasteiger partial charge >= 0.3 is 0 Å². The minimum atomic E-state index is -0.307. The van der Waals surface area contributed by atoms with E-state index in [1.165, 1.54) is 12.1 Å². The second kappa shape index (κ2) is 4.35. The first-order valence-corrected chi connectivity index (χ1v) is 6.32. The van der Waals surface area contributed by atoms with Crippen LogP contribution in [0.2, 0.25) is 0 Å². The number of hydrogen-bond donors (Lipinski definition) is 0. The zero-order valence-electron chi connectivity index (χ0n) is 10.5. The van der Waals surface area contributed by atoms with Crippen LogP contribution >= 0.6 is 11.6 Å². The Bertz CT molecular complexity index is 744. The second-order valence-electron chi connectivity index (χ2n) is 4.40. The summed E-state index contributed by atoms with van der Waals surface area (Å²) in [6.07, 6.45) is 1.82. The van der Waals surface area contributed by atoms with Crippen LogP contribution in [0.25, 0.3) is 16.9 Å². The third-order valence-corrected chi connectivity index (χ3v) is 3.12. The first-order valence-electron chi connectivity index (χ1n) is 5.88. The van der Waals surface area contributed by atoms with Gasteiger partial charge in [0.15, 0.2) is 5.82 Å². The fourth-order valence-corrected chi connectivity index (χ4v) is 2.24. The second-order valence-corrected chi connectivity index (χ2v) is 5.06. The maximum atomic E-state index is 13.4. The summed E-state index contributed by atoms with van der Waals surface area (Å²) < 4.78 is 16.9. The van der Waals surface area contributed by atoms with Crippen LogP contribution in [0.5, 0.6) is 0 Å². The zero-order valence-corrected chi connectivity index (χ0v) is 11.3. The minimum absolute atomic E-state index is 0.294. The van der Waals surface area contributed by atoms with Crippen molar-refractivity contribution in [2.45, 2.75) is 12.3 Å². The minimum Gasteiger partial charge on any atom is -0.277 e. The summed E-state index contributed by atoms with van der Waals surface area (Å²) in [4.78, 5) is 4.45. The van der Waals surface area contributed by atoms with E-state index in [0.717, 1.165) is 0 Å². The van der Waals surface area contributed by atoms with Gasteiger partial charge in [-0.1, -0.05) is 0 Å². The van der Waals surface area contributed by atoms with E-state index in [2.05, 4.69) is 10.1 Å². The summed E-state index contributed by atoms with van der Waals surface area (Å²) >= 11 is 6.16. The molecule has 0 spiro atoms. The van der Waals surface area contributed by atoms with E-state index in [0.29, 0.717) is 22.7 Å². The molecule has 1 unspecified atom stereocenters. The number of rotatable bonds is 2. The average molecular weight is 279 g/mol. The SMILES string of the molecule is CC(Cl)c1nc2ccc(F)cc2n1-c1ccn(C)n1. The molecule has 0 radical (unpaired) electrons. The predicted octanol–water partition coefficient (Wildman–Crippen LogP) is 3.20. The van der Waals surface area contributed by atoms with Crippen molar-refractivity contribution < 1.29 is 4.39 Å². The third-order valence-electron chi connectivity index (χ3n) is 2.93. The van der Waals surface area contributed by atoms with Crippen LogP contribution in [0.4, 0.5) is 4.39 Å². The molecule has 0 saturated carbocycles. The Kier molecular flexibility index (Phi) is 2.78. The lowest BCUT2D eigenvalue weighted by atomic mass is 10.3. The van der Waals surface area contributed by atoms with Gasteiger partial charge in [0, 0.05) is 25.4 Å². The average Bonchev–Trinajstić information content (AvgIpc) is 2.92. The quantitative estimate of drug-likeness (QED) is 0.675. The molecule has 0 aliphatic carbocycles. The Hall–Kier alpha value is -1.88. The zero-order chi connectivity index (χ0) is 13.6. The number of benzene rings is 1. The Morgan fingerprint density at radius 1 is 1.32 bits per heavy atom. The van der Waals surface area contributed by atoms with Gasteiger partial charge in [-0.2, -0.15) is 5.10 Å². The number of alkyl halides is 1. The molecule has 19 heavy (non-hydrogen) atoms. The molecule has 0 saturated heterocycles. The number of nitrogens with zero attached hydrogens (tertiary/aromatic N) is 4.